The minimum Gasteiger partial charge on any atom is -0.361 e. The van der Waals surface area contributed by atoms with E-state index in [-0.39, 0.29) is 5.91 Å². The van der Waals surface area contributed by atoms with Gasteiger partial charge in [0.05, 0.1) is 0 Å². The van der Waals surface area contributed by atoms with Crippen molar-refractivity contribution in [1.82, 2.24) is 15.3 Å². The second-order valence-corrected chi connectivity index (χ2v) is 6.79. The van der Waals surface area contributed by atoms with Gasteiger partial charge in [-0.1, -0.05) is 24.3 Å². The zero-order chi connectivity index (χ0) is 17.8. The molecule has 1 aliphatic heterocycles. The summed E-state index contributed by atoms with van der Waals surface area (Å²) in [7, 11) is 0. The van der Waals surface area contributed by atoms with Gasteiger partial charge in [0.25, 0.3) is 5.91 Å². The third kappa shape index (κ3) is 3.57. The molecule has 0 radical (unpaired) electrons. The summed E-state index contributed by atoms with van der Waals surface area (Å²) >= 11 is 0. The van der Waals surface area contributed by atoms with E-state index < -0.39 is 0 Å². The molecule has 2 aromatic heterocycles. The molecule has 0 aliphatic carbocycles. The van der Waals surface area contributed by atoms with E-state index in [1.807, 2.05) is 30.5 Å². The summed E-state index contributed by atoms with van der Waals surface area (Å²) in [6, 6.07) is 13.9. The molecule has 0 spiro atoms. The molecule has 1 aromatic carbocycles. The summed E-state index contributed by atoms with van der Waals surface area (Å²) in [5, 5.41) is 4.21. The van der Waals surface area contributed by atoms with Gasteiger partial charge >= 0.3 is 0 Å². The summed E-state index contributed by atoms with van der Waals surface area (Å²) in [5.41, 5.74) is 2.84. The fourth-order valence-electron chi connectivity index (χ4n) is 3.59. The number of hydrogen-bond donors (Lipinski definition) is 2. The molecule has 0 unspecified atom stereocenters. The first kappa shape index (κ1) is 16.6. The second-order valence-electron chi connectivity index (χ2n) is 6.79. The number of anilines is 1. The van der Waals surface area contributed by atoms with Crippen LogP contribution in [-0.2, 0) is 6.42 Å². The predicted molar refractivity (Wildman–Crippen MR) is 105 cm³/mol. The summed E-state index contributed by atoms with van der Waals surface area (Å²) in [6.07, 6.45) is 6.49. The van der Waals surface area contributed by atoms with E-state index in [4.69, 9.17) is 0 Å². The maximum atomic E-state index is 12.5. The Morgan fingerprint density at radius 1 is 1.08 bits per heavy atom. The Hall–Kier alpha value is -2.82. The molecular weight excluding hydrogens is 324 g/mol. The van der Waals surface area contributed by atoms with E-state index in [9.17, 15) is 4.79 Å². The van der Waals surface area contributed by atoms with Gasteiger partial charge in [0.1, 0.15) is 11.5 Å². The third-order valence-electron chi connectivity index (χ3n) is 5.00. The number of rotatable bonds is 5. The van der Waals surface area contributed by atoms with Crippen molar-refractivity contribution >= 4 is 22.6 Å². The molecule has 3 aromatic rings. The monoisotopic (exact) mass is 348 g/mol. The van der Waals surface area contributed by atoms with Gasteiger partial charge in [0, 0.05) is 36.7 Å². The molecule has 26 heavy (non-hydrogen) atoms. The van der Waals surface area contributed by atoms with Crippen LogP contribution in [0, 0.1) is 0 Å². The smallest absolute Gasteiger partial charge is 0.269 e. The lowest BCUT2D eigenvalue weighted by Gasteiger charge is -2.27. The van der Waals surface area contributed by atoms with Gasteiger partial charge in [0.2, 0.25) is 0 Å². The van der Waals surface area contributed by atoms with Gasteiger partial charge in [-0.15, -0.1) is 0 Å². The minimum atomic E-state index is -0.108. The number of H-pyrrole nitrogens is 1. The number of aromatic amines is 1. The Morgan fingerprint density at radius 2 is 1.92 bits per heavy atom. The minimum absolute atomic E-state index is 0.108. The number of benzene rings is 1. The molecule has 1 fully saturated rings. The first-order valence-electron chi connectivity index (χ1n) is 9.36. The van der Waals surface area contributed by atoms with Crippen molar-refractivity contribution in [2.75, 3.05) is 24.5 Å². The van der Waals surface area contributed by atoms with Gasteiger partial charge in [-0.2, -0.15) is 0 Å². The number of carbonyl (C=O) groups is 1. The van der Waals surface area contributed by atoms with E-state index in [2.05, 4.69) is 32.3 Å². The Balaban J connectivity index is 1.37. The number of fused-ring (bicyclic) bond motifs is 1. The van der Waals surface area contributed by atoms with Crippen molar-refractivity contribution in [3.63, 3.8) is 0 Å². The number of piperidine rings is 1. The number of nitrogens with zero attached hydrogens (tertiary/aromatic N) is 2. The highest BCUT2D eigenvalue weighted by Crippen LogP contribution is 2.19. The topological polar surface area (TPSA) is 61.0 Å². The molecule has 2 N–H and O–H groups in total. The fourth-order valence-corrected chi connectivity index (χ4v) is 3.59. The number of amides is 1. The van der Waals surface area contributed by atoms with Gasteiger partial charge in [-0.3, -0.25) is 4.79 Å². The number of aromatic nitrogens is 2. The lowest BCUT2D eigenvalue weighted by atomic mass is 10.1. The number of hydrogen-bond acceptors (Lipinski definition) is 3. The van der Waals surface area contributed by atoms with Crippen molar-refractivity contribution < 1.29 is 4.79 Å². The summed E-state index contributed by atoms with van der Waals surface area (Å²) < 4.78 is 0. The van der Waals surface area contributed by atoms with E-state index in [0.717, 1.165) is 30.8 Å². The van der Waals surface area contributed by atoms with Crippen LogP contribution in [-0.4, -0.2) is 35.5 Å². The molecule has 1 aliphatic rings. The van der Waals surface area contributed by atoms with Crippen LogP contribution in [0.1, 0.15) is 35.3 Å². The van der Waals surface area contributed by atoms with Gasteiger partial charge in [-0.25, -0.2) is 4.98 Å². The molecular formula is C21H24N4O. The molecule has 4 rings (SSSR count). The molecule has 3 heterocycles. The van der Waals surface area contributed by atoms with Crippen molar-refractivity contribution in [2.24, 2.45) is 0 Å². The van der Waals surface area contributed by atoms with Gasteiger partial charge in [0.15, 0.2) is 0 Å². The molecule has 5 heteroatoms. The second kappa shape index (κ2) is 7.60. The van der Waals surface area contributed by atoms with E-state index >= 15 is 0 Å². The molecule has 1 saturated heterocycles. The van der Waals surface area contributed by atoms with E-state index in [0.29, 0.717) is 12.2 Å². The quantitative estimate of drug-likeness (QED) is 0.741. The molecule has 134 valence electrons. The Bertz CT molecular complexity index is 896. The zero-order valence-corrected chi connectivity index (χ0v) is 14.9. The van der Waals surface area contributed by atoms with Gasteiger partial charge < -0.3 is 15.2 Å². The molecule has 0 atom stereocenters. The molecule has 0 saturated carbocycles. The van der Waals surface area contributed by atoms with Crippen LogP contribution in [0.3, 0.4) is 0 Å². The highest BCUT2D eigenvalue weighted by molar-refractivity contribution is 5.92. The normalized spacial score (nSPS) is 14.5. The molecule has 0 bridgehead atoms. The number of pyridine rings is 1. The van der Waals surface area contributed by atoms with Gasteiger partial charge in [-0.05, 0) is 49.4 Å². The average molecular weight is 348 g/mol. The van der Waals surface area contributed by atoms with Crippen LogP contribution < -0.4 is 10.2 Å². The highest BCUT2D eigenvalue weighted by Gasteiger charge is 2.14. The van der Waals surface area contributed by atoms with Crippen LogP contribution in [0.25, 0.3) is 10.9 Å². The van der Waals surface area contributed by atoms with Crippen LogP contribution in [0.2, 0.25) is 0 Å². The summed E-state index contributed by atoms with van der Waals surface area (Å²) in [6.45, 7) is 2.65. The number of carbonyl (C=O) groups excluding carboxylic acids is 1. The van der Waals surface area contributed by atoms with Crippen molar-refractivity contribution in [3.8, 4) is 0 Å². The lowest BCUT2D eigenvalue weighted by Crippen LogP contribution is -2.31. The van der Waals surface area contributed by atoms with Crippen LogP contribution >= 0.6 is 0 Å². The van der Waals surface area contributed by atoms with E-state index in [1.165, 1.54) is 30.2 Å². The fraction of sp³-hybridized carbons (Fsp3) is 0.333. The average Bonchev–Trinajstić information content (AvgIpc) is 3.12. The SMILES string of the molecule is O=C(NCCc1c[nH]c2ccccc12)c1cccc(N2CCCCC2)n1. The Labute approximate surface area is 153 Å². The Kier molecular flexibility index (Phi) is 4.86. The predicted octanol–water partition coefficient (Wildman–Crippen LogP) is 3.53. The standard InChI is InChI=1S/C21H24N4O/c26-21(19-9-6-10-20(24-19)25-13-4-1-5-14-25)22-12-11-16-15-23-18-8-3-2-7-17(16)18/h2-3,6-10,15,23H,1,4-5,11-14H2,(H,22,26). The Morgan fingerprint density at radius 3 is 2.81 bits per heavy atom. The lowest BCUT2D eigenvalue weighted by molar-refractivity contribution is 0.0949. The van der Waals surface area contributed by atoms with E-state index in [1.54, 1.807) is 6.07 Å². The van der Waals surface area contributed by atoms with Crippen molar-refractivity contribution in [2.45, 2.75) is 25.7 Å². The van der Waals surface area contributed by atoms with Crippen molar-refractivity contribution in [3.05, 3.63) is 59.9 Å². The number of para-hydroxylation sites is 1. The molecule has 1 amide bonds. The third-order valence-corrected chi connectivity index (χ3v) is 5.00. The van der Waals surface area contributed by atoms with Crippen molar-refractivity contribution in [1.29, 1.82) is 0 Å². The van der Waals surface area contributed by atoms with Crippen LogP contribution in [0.4, 0.5) is 5.82 Å². The van der Waals surface area contributed by atoms with Crippen LogP contribution in [0.15, 0.2) is 48.7 Å². The first-order chi connectivity index (χ1) is 12.8. The zero-order valence-electron chi connectivity index (χ0n) is 14.9. The maximum absolute atomic E-state index is 12.5. The highest BCUT2D eigenvalue weighted by atomic mass is 16.1. The summed E-state index contributed by atoms with van der Waals surface area (Å²) in [4.78, 5) is 22.6. The molecule has 5 nitrogen and oxygen atoms in total. The maximum Gasteiger partial charge on any atom is 0.269 e. The summed E-state index contributed by atoms with van der Waals surface area (Å²) in [5.74, 6) is 0.803. The first-order valence-corrected chi connectivity index (χ1v) is 9.36. The van der Waals surface area contributed by atoms with Crippen LogP contribution in [0.5, 0.6) is 0 Å². The largest absolute Gasteiger partial charge is 0.361 e. The number of nitrogens with one attached hydrogen (secondary N) is 2.